The van der Waals surface area contributed by atoms with Crippen LogP contribution in [-0.4, -0.2) is 31.4 Å². The van der Waals surface area contributed by atoms with Gasteiger partial charge in [0.2, 0.25) is 0 Å². The molecular weight excluding hydrogens is 200 g/mol. The maximum Gasteiger partial charge on any atom is 0.253 e. The Morgan fingerprint density at radius 2 is 1.88 bits per heavy atom. The second kappa shape index (κ2) is 3.91. The molecule has 2 rings (SSSR count). The van der Waals surface area contributed by atoms with Crippen LogP contribution in [0.2, 0.25) is 0 Å². The fourth-order valence-electron chi connectivity index (χ4n) is 1.99. The summed E-state index contributed by atoms with van der Waals surface area (Å²) in [5.41, 5.74) is 7.99. The minimum absolute atomic E-state index is 0.0455. The Morgan fingerprint density at radius 1 is 1.31 bits per heavy atom. The van der Waals surface area contributed by atoms with Crippen molar-refractivity contribution in [3.05, 3.63) is 35.4 Å². The predicted molar refractivity (Wildman–Crippen MR) is 64.4 cm³/mol. The zero-order valence-electron chi connectivity index (χ0n) is 9.86. The lowest BCUT2D eigenvalue weighted by Crippen LogP contribution is -2.22. The first kappa shape index (κ1) is 11.1. The van der Waals surface area contributed by atoms with Gasteiger partial charge in [0.25, 0.3) is 5.91 Å². The molecule has 1 aliphatic carbocycles. The molecule has 3 heteroatoms. The van der Waals surface area contributed by atoms with Gasteiger partial charge in [-0.1, -0.05) is 12.1 Å². The number of carbonyl (C=O) groups is 1. The van der Waals surface area contributed by atoms with Crippen LogP contribution in [0.25, 0.3) is 0 Å². The summed E-state index contributed by atoms with van der Waals surface area (Å²) in [5, 5.41) is 0. The number of rotatable bonds is 3. The molecule has 3 nitrogen and oxygen atoms in total. The molecule has 2 N–H and O–H groups in total. The van der Waals surface area contributed by atoms with Crippen LogP contribution in [0.1, 0.15) is 28.8 Å². The fourth-order valence-corrected chi connectivity index (χ4v) is 1.99. The van der Waals surface area contributed by atoms with Crippen molar-refractivity contribution in [3.63, 3.8) is 0 Å². The van der Waals surface area contributed by atoms with Gasteiger partial charge in [0, 0.05) is 31.6 Å². The Hall–Kier alpha value is -1.35. The quantitative estimate of drug-likeness (QED) is 0.833. The molecule has 1 amide bonds. The van der Waals surface area contributed by atoms with Crippen LogP contribution in [-0.2, 0) is 5.41 Å². The molecule has 0 spiro atoms. The average Bonchev–Trinajstić information content (AvgIpc) is 3.09. The van der Waals surface area contributed by atoms with Crippen molar-refractivity contribution >= 4 is 5.91 Å². The summed E-state index contributed by atoms with van der Waals surface area (Å²) in [6, 6.07) is 7.87. The van der Waals surface area contributed by atoms with E-state index in [1.54, 1.807) is 19.0 Å². The molecular formula is C13H18N2O. The first-order valence-corrected chi connectivity index (χ1v) is 5.61. The van der Waals surface area contributed by atoms with Crippen LogP contribution in [0.15, 0.2) is 24.3 Å². The van der Waals surface area contributed by atoms with Crippen molar-refractivity contribution in [2.45, 2.75) is 18.3 Å². The fraction of sp³-hybridized carbons (Fsp3) is 0.462. The van der Waals surface area contributed by atoms with Crippen molar-refractivity contribution in [2.75, 3.05) is 20.6 Å². The number of hydrogen-bond donors (Lipinski definition) is 1. The molecule has 0 aromatic heterocycles. The van der Waals surface area contributed by atoms with Gasteiger partial charge in [-0.3, -0.25) is 4.79 Å². The molecule has 1 aromatic rings. The molecule has 0 aliphatic heterocycles. The standard InChI is InChI=1S/C13H18N2O/c1-15(2)12(16)10-3-5-11(6-4-10)13(9-14)7-8-13/h3-6H,7-9,14H2,1-2H3. The molecule has 86 valence electrons. The van der Waals surface area contributed by atoms with Gasteiger partial charge in [-0.05, 0) is 30.5 Å². The Bertz CT molecular complexity index is 391. The molecule has 0 radical (unpaired) electrons. The lowest BCUT2D eigenvalue weighted by molar-refractivity contribution is 0.0827. The number of amides is 1. The van der Waals surface area contributed by atoms with E-state index in [0.717, 1.165) is 5.56 Å². The number of nitrogens with two attached hydrogens (primary N) is 1. The first-order chi connectivity index (χ1) is 7.59. The van der Waals surface area contributed by atoms with Gasteiger partial charge in [0.05, 0.1) is 0 Å². The summed E-state index contributed by atoms with van der Waals surface area (Å²) < 4.78 is 0. The van der Waals surface area contributed by atoms with E-state index in [2.05, 4.69) is 0 Å². The van der Waals surface area contributed by atoms with Gasteiger partial charge in [0.15, 0.2) is 0 Å². The normalized spacial score (nSPS) is 16.9. The molecule has 0 saturated heterocycles. The minimum Gasteiger partial charge on any atom is -0.345 e. The van der Waals surface area contributed by atoms with Crippen LogP contribution in [0.5, 0.6) is 0 Å². The summed E-state index contributed by atoms with van der Waals surface area (Å²) in [7, 11) is 3.52. The van der Waals surface area contributed by atoms with Crippen molar-refractivity contribution in [3.8, 4) is 0 Å². The van der Waals surface area contributed by atoms with Crippen LogP contribution in [0.4, 0.5) is 0 Å². The highest BCUT2D eigenvalue weighted by molar-refractivity contribution is 5.93. The predicted octanol–water partition coefficient (Wildman–Crippen LogP) is 1.38. The molecule has 1 saturated carbocycles. The van der Waals surface area contributed by atoms with Crippen LogP contribution in [0.3, 0.4) is 0 Å². The lowest BCUT2D eigenvalue weighted by atomic mass is 9.95. The first-order valence-electron chi connectivity index (χ1n) is 5.61. The summed E-state index contributed by atoms with van der Waals surface area (Å²) in [6.07, 6.45) is 2.34. The molecule has 0 bridgehead atoms. The van der Waals surface area contributed by atoms with E-state index in [-0.39, 0.29) is 11.3 Å². The summed E-state index contributed by atoms with van der Waals surface area (Å²) in [4.78, 5) is 13.3. The van der Waals surface area contributed by atoms with Gasteiger partial charge in [-0.15, -0.1) is 0 Å². The van der Waals surface area contributed by atoms with Crippen LogP contribution in [0, 0.1) is 0 Å². The molecule has 0 atom stereocenters. The van der Waals surface area contributed by atoms with Crippen molar-refractivity contribution in [1.29, 1.82) is 0 Å². The average molecular weight is 218 g/mol. The monoisotopic (exact) mass is 218 g/mol. The minimum atomic E-state index is 0.0455. The Balaban J connectivity index is 2.20. The van der Waals surface area contributed by atoms with Crippen molar-refractivity contribution < 1.29 is 4.79 Å². The van der Waals surface area contributed by atoms with E-state index in [1.807, 2.05) is 24.3 Å². The third-order valence-electron chi connectivity index (χ3n) is 3.39. The third kappa shape index (κ3) is 1.83. The topological polar surface area (TPSA) is 46.3 Å². The SMILES string of the molecule is CN(C)C(=O)c1ccc(C2(CN)CC2)cc1. The number of hydrogen-bond acceptors (Lipinski definition) is 2. The van der Waals surface area contributed by atoms with E-state index in [4.69, 9.17) is 5.73 Å². The molecule has 1 aromatic carbocycles. The molecule has 1 aliphatic rings. The van der Waals surface area contributed by atoms with Gasteiger partial charge in [-0.2, -0.15) is 0 Å². The Labute approximate surface area is 96.2 Å². The second-order valence-electron chi connectivity index (χ2n) is 4.76. The number of nitrogens with zero attached hydrogens (tertiary/aromatic N) is 1. The smallest absolute Gasteiger partial charge is 0.253 e. The molecule has 16 heavy (non-hydrogen) atoms. The van der Waals surface area contributed by atoms with Crippen LogP contribution < -0.4 is 5.73 Å². The van der Waals surface area contributed by atoms with E-state index in [0.29, 0.717) is 6.54 Å². The number of benzene rings is 1. The van der Waals surface area contributed by atoms with E-state index >= 15 is 0 Å². The van der Waals surface area contributed by atoms with Crippen LogP contribution >= 0.6 is 0 Å². The van der Waals surface area contributed by atoms with Crippen molar-refractivity contribution in [2.24, 2.45) is 5.73 Å². The zero-order chi connectivity index (χ0) is 11.8. The Morgan fingerprint density at radius 3 is 2.25 bits per heavy atom. The summed E-state index contributed by atoms with van der Waals surface area (Å²) >= 11 is 0. The van der Waals surface area contributed by atoms with Gasteiger partial charge < -0.3 is 10.6 Å². The lowest BCUT2D eigenvalue weighted by Gasteiger charge is -2.14. The maximum absolute atomic E-state index is 11.7. The molecule has 0 heterocycles. The Kier molecular flexibility index (Phi) is 2.72. The van der Waals surface area contributed by atoms with Crippen molar-refractivity contribution in [1.82, 2.24) is 4.90 Å². The van der Waals surface area contributed by atoms with Gasteiger partial charge in [0.1, 0.15) is 0 Å². The highest BCUT2D eigenvalue weighted by Gasteiger charge is 2.42. The van der Waals surface area contributed by atoms with Gasteiger partial charge in [-0.25, -0.2) is 0 Å². The maximum atomic E-state index is 11.7. The summed E-state index contributed by atoms with van der Waals surface area (Å²) in [6.45, 7) is 0.702. The molecule has 1 fully saturated rings. The highest BCUT2D eigenvalue weighted by atomic mass is 16.2. The summed E-state index contributed by atoms with van der Waals surface area (Å²) in [5.74, 6) is 0.0455. The molecule has 0 unspecified atom stereocenters. The second-order valence-corrected chi connectivity index (χ2v) is 4.76. The van der Waals surface area contributed by atoms with E-state index in [1.165, 1.54) is 18.4 Å². The largest absolute Gasteiger partial charge is 0.345 e. The number of carbonyl (C=O) groups excluding carboxylic acids is 1. The highest BCUT2D eigenvalue weighted by Crippen LogP contribution is 2.47. The van der Waals surface area contributed by atoms with E-state index in [9.17, 15) is 4.79 Å². The van der Waals surface area contributed by atoms with Gasteiger partial charge >= 0.3 is 0 Å². The van der Waals surface area contributed by atoms with E-state index < -0.39 is 0 Å². The zero-order valence-corrected chi connectivity index (χ0v) is 9.86. The third-order valence-corrected chi connectivity index (χ3v) is 3.39.